The van der Waals surface area contributed by atoms with Crippen LogP contribution in [0.3, 0.4) is 0 Å². The Morgan fingerprint density at radius 2 is 1.77 bits per heavy atom. The molecule has 2 heterocycles. The van der Waals surface area contributed by atoms with Crippen molar-refractivity contribution in [1.82, 2.24) is 19.3 Å². The Bertz CT molecular complexity index is 1400. The van der Waals surface area contributed by atoms with Gasteiger partial charge in [0.05, 0.1) is 28.0 Å². The van der Waals surface area contributed by atoms with E-state index in [9.17, 15) is 9.59 Å². The van der Waals surface area contributed by atoms with Gasteiger partial charge in [-0.2, -0.15) is 5.10 Å². The molecule has 0 aliphatic rings. The minimum Gasteiger partial charge on any atom is -0.310 e. The second kappa shape index (κ2) is 10.1. The average Bonchev–Trinajstić information content (AvgIpc) is 3.27. The first-order valence-corrected chi connectivity index (χ1v) is 12.8. The number of thioether (sulfide) groups is 1. The van der Waals surface area contributed by atoms with Crippen LogP contribution in [0.1, 0.15) is 52.8 Å². The fourth-order valence-electron chi connectivity index (χ4n) is 3.71. The number of fused-ring (bicyclic) bond motifs is 1. The van der Waals surface area contributed by atoms with Gasteiger partial charge in [0.15, 0.2) is 5.16 Å². The molecule has 0 aliphatic heterocycles. The maximum atomic E-state index is 13.2. The highest BCUT2D eigenvalue weighted by Crippen LogP contribution is 2.27. The maximum Gasteiger partial charge on any atom is 0.262 e. The zero-order valence-electron chi connectivity index (χ0n) is 20.8. The van der Waals surface area contributed by atoms with Crippen molar-refractivity contribution in [3.05, 3.63) is 76.7 Å². The Hall–Kier alpha value is -3.39. The van der Waals surface area contributed by atoms with Gasteiger partial charge < -0.3 is 5.32 Å². The lowest BCUT2D eigenvalue weighted by Crippen LogP contribution is -2.26. The Morgan fingerprint density at radius 1 is 1.09 bits per heavy atom. The Labute approximate surface area is 209 Å². The number of carbonyl (C=O) groups is 1. The van der Waals surface area contributed by atoms with Gasteiger partial charge in [-0.25, -0.2) is 9.67 Å². The lowest BCUT2D eigenvalue weighted by molar-refractivity contribution is -0.113. The summed E-state index contributed by atoms with van der Waals surface area (Å²) in [6, 6.07) is 18.9. The van der Waals surface area contributed by atoms with Gasteiger partial charge in [0.1, 0.15) is 5.82 Å². The summed E-state index contributed by atoms with van der Waals surface area (Å²) in [5, 5.41) is 8.90. The predicted molar refractivity (Wildman–Crippen MR) is 143 cm³/mol. The monoisotopic (exact) mass is 489 g/mol. The molecule has 7 nitrogen and oxygen atoms in total. The molecule has 0 spiro atoms. The van der Waals surface area contributed by atoms with Gasteiger partial charge in [-0.1, -0.05) is 69.8 Å². The standard InChI is InChI=1S/C27H31N5O2S/c1-6-18(2)31-25(34)20-14-10-11-15-21(20)28-26(31)35-17-24(33)29-23-16-22(27(3,4)5)30-32(23)19-12-8-7-9-13-19/h7-16,18H,6,17H2,1-5H3,(H,29,33)/t18-/m0/s1. The lowest BCUT2D eigenvalue weighted by Gasteiger charge is -2.18. The van der Waals surface area contributed by atoms with Crippen LogP contribution in [0.15, 0.2) is 70.6 Å². The van der Waals surface area contributed by atoms with Gasteiger partial charge in [0.2, 0.25) is 5.91 Å². The summed E-state index contributed by atoms with van der Waals surface area (Å²) in [5.41, 5.74) is 2.14. The molecule has 0 unspecified atom stereocenters. The van der Waals surface area contributed by atoms with E-state index in [1.807, 2.05) is 68.4 Å². The lowest BCUT2D eigenvalue weighted by atomic mass is 9.92. The molecule has 2 aromatic heterocycles. The van der Waals surface area contributed by atoms with E-state index in [2.05, 4.69) is 26.1 Å². The molecular formula is C27H31N5O2S. The van der Waals surface area contributed by atoms with E-state index in [-0.39, 0.29) is 28.7 Å². The van der Waals surface area contributed by atoms with Crippen molar-refractivity contribution in [2.24, 2.45) is 0 Å². The third-order valence-corrected chi connectivity index (χ3v) is 6.84. The second-order valence-corrected chi connectivity index (χ2v) is 10.5. The van der Waals surface area contributed by atoms with Crippen LogP contribution in [0, 0.1) is 0 Å². The van der Waals surface area contributed by atoms with E-state index in [0.29, 0.717) is 21.9 Å². The number of rotatable bonds is 7. The summed E-state index contributed by atoms with van der Waals surface area (Å²) in [6.45, 7) is 10.3. The first kappa shape index (κ1) is 24.7. The zero-order chi connectivity index (χ0) is 25.2. The number of anilines is 1. The third kappa shape index (κ3) is 5.32. The van der Waals surface area contributed by atoms with Gasteiger partial charge in [0, 0.05) is 17.5 Å². The van der Waals surface area contributed by atoms with Crippen LogP contribution in [0.4, 0.5) is 5.82 Å². The summed E-state index contributed by atoms with van der Waals surface area (Å²) in [4.78, 5) is 30.9. The number of benzene rings is 2. The molecular weight excluding hydrogens is 458 g/mol. The summed E-state index contributed by atoms with van der Waals surface area (Å²) >= 11 is 1.27. The average molecular weight is 490 g/mol. The van der Waals surface area contributed by atoms with Crippen LogP contribution in [0.2, 0.25) is 0 Å². The minimum absolute atomic E-state index is 0.0287. The molecule has 1 amide bonds. The molecule has 0 aliphatic carbocycles. The van der Waals surface area contributed by atoms with Crippen molar-refractivity contribution in [3.8, 4) is 5.69 Å². The number of nitrogens with zero attached hydrogens (tertiary/aromatic N) is 4. The summed E-state index contributed by atoms with van der Waals surface area (Å²) in [6.07, 6.45) is 0.783. The number of carbonyl (C=O) groups excluding carboxylic acids is 1. The number of hydrogen-bond acceptors (Lipinski definition) is 5. The predicted octanol–water partition coefficient (Wildman–Crippen LogP) is 5.58. The SMILES string of the molecule is CC[C@H](C)n1c(SCC(=O)Nc2cc(C(C)(C)C)nn2-c2ccccc2)nc2ccccc2c1=O. The van der Waals surface area contributed by atoms with E-state index in [1.54, 1.807) is 15.3 Å². The smallest absolute Gasteiger partial charge is 0.262 e. The molecule has 2 aromatic carbocycles. The molecule has 182 valence electrons. The molecule has 0 fully saturated rings. The highest BCUT2D eigenvalue weighted by Gasteiger charge is 2.22. The van der Waals surface area contributed by atoms with Crippen LogP contribution < -0.4 is 10.9 Å². The molecule has 4 aromatic rings. The molecule has 35 heavy (non-hydrogen) atoms. The third-order valence-electron chi connectivity index (χ3n) is 5.89. The van der Waals surface area contributed by atoms with Crippen molar-refractivity contribution in [3.63, 3.8) is 0 Å². The quantitative estimate of drug-likeness (QED) is 0.271. The number of aromatic nitrogens is 4. The van der Waals surface area contributed by atoms with Crippen molar-refractivity contribution < 1.29 is 4.79 Å². The molecule has 0 bridgehead atoms. The van der Waals surface area contributed by atoms with Crippen LogP contribution in [0.5, 0.6) is 0 Å². The normalized spacial score (nSPS) is 12.6. The first-order chi connectivity index (χ1) is 16.7. The molecule has 0 saturated carbocycles. The maximum absolute atomic E-state index is 13.2. The number of amides is 1. The van der Waals surface area contributed by atoms with E-state index >= 15 is 0 Å². The Balaban J connectivity index is 1.61. The van der Waals surface area contributed by atoms with Gasteiger partial charge in [0.25, 0.3) is 5.56 Å². The molecule has 0 radical (unpaired) electrons. The zero-order valence-corrected chi connectivity index (χ0v) is 21.6. The van der Waals surface area contributed by atoms with Crippen LogP contribution >= 0.6 is 11.8 Å². The number of para-hydroxylation sites is 2. The fraction of sp³-hybridized carbons (Fsp3) is 0.333. The van der Waals surface area contributed by atoms with Gasteiger partial charge in [-0.3, -0.25) is 14.2 Å². The second-order valence-electron chi connectivity index (χ2n) is 9.59. The number of nitrogens with one attached hydrogen (secondary N) is 1. The van der Waals surface area contributed by atoms with Crippen molar-refractivity contribution in [2.75, 3.05) is 11.1 Å². The fourth-order valence-corrected chi connectivity index (χ4v) is 4.61. The summed E-state index contributed by atoms with van der Waals surface area (Å²) in [5.74, 6) is 0.537. The molecule has 0 saturated heterocycles. The molecule has 1 N–H and O–H groups in total. The Kier molecular flexibility index (Phi) is 7.12. The van der Waals surface area contributed by atoms with E-state index < -0.39 is 0 Å². The van der Waals surface area contributed by atoms with Crippen LogP contribution in [0.25, 0.3) is 16.6 Å². The summed E-state index contributed by atoms with van der Waals surface area (Å²) < 4.78 is 3.46. The van der Waals surface area contributed by atoms with E-state index in [4.69, 9.17) is 10.1 Å². The van der Waals surface area contributed by atoms with Crippen molar-refractivity contribution in [2.45, 2.75) is 57.7 Å². The number of hydrogen-bond donors (Lipinski definition) is 1. The van der Waals surface area contributed by atoms with E-state index in [0.717, 1.165) is 17.8 Å². The largest absolute Gasteiger partial charge is 0.310 e. The van der Waals surface area contributed by atoms with Gasteiger partial charge >= 0.3 is 0 Å². The van der Waals surface area contributed by atoms with Crippen molar-refractivity contribution >= 4 is 34.4 Å². The van der Waals surface area contributed by atoms with Crippen LogP contribution in [-0.2, 0) is 10.2 Å². The highest BCUT2D eigenvalue weighted by molar-refractivity contribution is 7.99. The minimum atomic E-state index is -0.189. The molecule has 4 rings (SSSR count). The van der Waals surface area contributed by atoms with Crippen LogP contribution in [-0.4, -0.2) is 31.0 Å². The van der Waals surface area contributed by atoms with Crippen molar-refractivity contribution in [1.29, 1.82) is 0 Å². The summed E-state index contributed by atoms with van der Waals surface area (Å²) in [7, 11) is 0. The first-order valence-electron chi connectivity index (χ1n) is 11.8. The highest BCUT2D eigenvalue weighted by atomic mass is 32.2. The molecule has 1 atom stereocenters. The van der Waals surface area contributed by atoms with Gasteiger partial charge in [-0.05, 0) is 37.6 Å². The Morgan fingerprint density at radius 3 is 2.46 bits per heavy atom. The van der Waals surface area contributed by atoms with E-state index in [1.165, 1.54) is 11.8 Å². The topological polar surface area (TPSA) is 81.8 Å². The molecule has 8 heteroatoms. The van der Waals surface area contributed by atoms with Gasteiger partial charge in [-0.15, -0.1) is 0 Å².